The summed E-state index contributed by atoms with van der Waals surface area (Å²) < 4.78 is 6.27. The molecule has 0 N–H and O–H groups in total. The molecule has 0 aliphatic rings. The average Bonchev–Trinajstić information content (AvgIpc) is 3.06. The van der Waals surface area contributed by atoms with E-state index in [4.69, 9.17) is 4.74 Å². The molecule has 0 spiro atoms. The number of aromatic nitrogens is 1. The number of methoxy groups -OCH3 is 1. The average molecular weight is 354 g/mol. The van der Waals surface area contributed by atoms with Crippen molar-refractivity contribution in [3.8, 4) is 0 Å². The number of hydrogen-bond acceptors (Lipinski definition) is 4. The highest BCUT2D eigenvalue weighted by atomic mass is 32.1. The summed E-state index contributed by atoms with van der Waals surface area (Å²) in [6.45, 7) is 1.03. The Labute approximate surface area is 152 Å². The first-order valence-electron chi connectivity index (χ1n) is 8.47. The highest BCUT2D eigenvalue weighted by Crippen LogP contribution is 2.29. The number of anilines is 1. The topological polar surface area (TPSA) is 42.4 Å². The predicted octanol–water partition coefficient (Wildman–Crippen LogP) is 4.30. The fraction of sp³-hybridized carbons (Fsp3) is 0.300. The molecular weight excluding hydrogens is 332 g/mol. The van der Waals surface area contributed by atoms with Crippen LogP contribution in [0, 0.1) is 0 Å². The second-order valence-corrected chi connectivity index (χ2v) is 6.85. The maximum Gasteiger partial charge on any atom is 0.228 e. The predicted molar refractivity (Wildman–Crippen MR) is 103 cm³/mol. The molecule has 0 saturated heterocycles. The van der Waals surface area contributed by atoms with Crippen LogP contribution in [-0.4, -0.2) is 31.2 Å². The molecule has 0 unspecified atom stereocenters. The summed E-state index contributed by atoms with van der Waals surface area (Å²) in [6.07, 6.45) is 2.25. The standard InChI is InChI=1S/C20H22N2O2S/c1-24-15-14-22(20-21-17-11-5-6-12-18(17)25-20)19(23)13-7-10-16-8-3-2-4-9-16/h2-6,8-9,11-12H,7,10,13-15H2,1H3. The quantitative estimate of drug-likeness (QED) is 0.606. The highest BCUT2D eigenvalue weighted by Gasteiger charge is 2.19. The second kappa shape index (κ2) is 8.74. The molecule has 4 nitrogen and oxygen atoms in total. The van der Waals surface area contributed by atoms with Crippen molar-refractivity contribution in [2.45, 2.75) is 19.3 Å². The molecule has 0 fully saturated rings. The van der Waals surface area contributed by atoms with E-state index in [1.165, 1.54) is 5.56 Å². The SMILES string of the molecule is COCCN(C(=O)CCCc1ccccc1)c1nc2ccccc2s1. The van der Waals surface area contributed by atoms with Crippen molar-refractivity contribution < 1.29 is 9.53 Å². The third-order valence-corrected chi connectivity index (χ3v) is 5.09. The number of amides is 1. The van der Waals surface area contributed by atoms with Crippen LogP contribution in [0.2, 0.25) is 0 Å². The molecule has 25 heavy (non-hydrogen) atoms. The molecule has 0 atom stereocenters. The van der Waals surface area contributed by atoms with Gasteiger partial charge in [-0.1, -0.05) is 53.8 Å². The first kappa shape index (κ1) is 17.6. The van der Waals surface area contributed by atoms with E-state index in [9.17, 15) is 4.79 Å². The summed E-state index contributed by atoms with van der Waals surface area (Å²) in [7, 11) is 1.65. The number of para-hydroxylation sites is 1. The molecule has 1 aromatic heterocycles. The summed E-state index contributed by atoms with van der Waals surface area (Å²) in [5, 5.41) is 0.753. The zero-order valence-corrected chi connectivity index (χ0v) is 15.2. The Hall–Kier alpha value is -2.24. The number of aryl methyl sites for hydroxylation is 1. The zero-order valence-electron chi connectivity index (χ0n) is 14.4. The van der Waals surface area contributed by atoms with Crippen LogP contribution in [0.15, 0.2) is 54.6 Å². The number of carbonyl (C=O) groups is 1. The molecule has 0 radical (unpaired) electrons. The number of hydrogen-bond donors (Lipinski definition) is 0. The molecular formula is C20H22N2O2S. The lowest BCUT2D eigenvalue weighted by atomic mass is 10.1. The Morgan fingerprint density at radius 1 is 1.12 bits per heavy atom. The Kier molecular flexibility index (Phi) is 6.14. The van der Waals surface area contributed by atoms with Crippen molar-refractivity contribution in [3.63, 3.8) is 0 Å². The van der Waals surface area contributed by atoms with Crippen LogP contribution < -0.4 is 4.90 Å². The van der Waals surface area contributed by atoms with Crippen molar-refractivity contribution in [2.24, 2.45) is 0 Å². The van der Waals surface area contributed by atoms with Crippen LogP contribution in [0.4, 0.5) is 5.13 Å². The molecule has 0 aliphatic carbocycles. The van der Waals surface area contributed by atoms with Gasteiger partial charge in [0.05, 0.1) is 23.4 Å². The van der Waals surface area contributed by atoms with Gasteiger partial charge in [-0.3, -0.25) is 9.69 Å². The smallest absolute Gasteiger partial charge is 0.228 e. The third-order valence-electron chi connectivity index (χ3n) is 4.03. The fourth-order valence-corrected chi connectivity index (χ4v) is 3.72. The maximum absolute atomic E-state index is 12.8. The van der Waals surface area contributed by atoms with Crippen LogP contribution in [0.5, 0.6) is 0 Å². The van der Waals surface area contributed by atoms with Crippen LogP contribution in [-0.2, 0) is 16.0 Å². The lowest BCUT2D eigenvalue weighted by molar-refractivity contribution is -0.118. The monoisotopic (exact) mass is 354 g/mol. The van der Waals surface area contributed by atoms with Gasteiger partial charge < -0.3 is 4.74 Å². The molecule has 0 saturated carbocycles. The van der Waals surface area contributed by atoms with Gasteiger partial charge in [-0.2, -0.15) is 0 Å². The molecule has 130 valence electrons. The number of benzene rings is 2. The number of thiazole rings is 1. The Morgan fingerprint density at radius 3 is 2.64 bits per heavy atom. The first-order valence-corrected chi connectivity index (χ1v) is 9.28. The van der Waals surface area contributed by atoms with Gasteiger partial charge in [0.2, 0.25) is 5.91 Å². The van der Waals surface area contributed by atoms with Crippen molar-refractivity contribution in [2.75, 3.05) is 25.2 Å². The van der Waals surface area contributed by atoms with E-state index in [0.717, 1.165) is 28.2 Å². The highest BCUT2D eigenvalue weighted by molar-refractivity contribution is 7.22. The maximum atomic E-state index is 12.8. The van der Waals surface area contributed by atoms with Crippen LogP contribution in [0.3, 0.4) is 0 Å². The Balaban J connectivity index is 1.67. The van der Waals surface area contributed by atoms with Gasteiger partial charge in [-0.05, 0) is 30.5 Å². The summed E-state index contributed by atoms with van der Waals surface area (Å²) in [4.78, 5) is 19.1. The molecule has 1 heterocycles. The number of carbonyl (C=O) groups excluding carboxylic acids is 1. The number of fused-ring (bicyclic) bond motifs is 1. The second-order valence-electron chi connectivity index (χ2n) is 5.84. The van der Waals surface area contributed by atoms with Gasteiger partial charge in [0.1, 0.15) is 0 Å². The van der Waals surface area contributed by atoms with E-state index in [1.54, 1.807) is 23.3 Å². The molecule has 2 aromatic carbocycles. The Morgan fingerprint density at radius 2 is 1.88 bits per heavy atom. The largest absolute Gasteiger partial charge is 0.383 e. The first-order chi connectivity index (χ1) is 12.3. The minimum atomic E-state index is 0.104. The number of ether oxygens (including phenoxy) is 1. The van der Waals surface area contributed by atoms with Crippen LogP contribution in [0.25, 0.3) is 10.2 Å². The summed E-state index contributed by atoms with van der Waals surface area (Å²) in [6, 6.07) is 18.2. The summed E-state index contributed by atoms with van der Waals surface area (Å²) in [5.74, 6) is 0.104. The molecule has 0 aliphatic heterocycles. The summed E-state index contributed by atoms with van der Waals surface area (Å²) in [5.41, 5.74) is 2.20. The molecule has 5 heteroatoms. The van der Waals surface area contributed by atoms with E-state index in [2.05, 4.69) is 17.1 Å². The Bertz CT molecular complexity index is 784. The van der Waals surface area contributed by atoms with E-state index in [1.807, 2.05) is 42.5 Å². The zero-order chi connectivity index (χ0) is 17.5. The van der Waals surface area contributed by atoms with Gasteiger partial charge in [0.25, 0.3) is 0 Å². The van der Waals surface area contributed by atoms with E-state index >= 15 is 0 Å². The van der Waals surface area contributed by atoms with Crippen molar-refractivity contribution in [1.82, 2.24) is 4.98 Å². The van der Waals surface area contributed by atoms with Gasteiger partial charge >= 0.3 is 0 Å². The minimum Gasteiger partial charge on any atom is -0.383 e. The third kappa shape index (κ3) is 4.65. The molecule has 1 amide bonds. The number of rotatable bonds is 8. The van der Waals surface area contributed by atoms with E-state index in [0.29, 0.717) is 19.6 Å². The van der Waals surface area contributed by atoms with Crippen molar-refractivity contribution >= 4 is 32.6 Å². The van der Waals surface area contributed by atoms with Crippen molar-refractivity contribution in [3.05, 3.63) is 60.2 Å². The lowest BCUT2D eigenvalue weighted by Gasteiger charge is -2.19. The van der Waals surface area contributed by atoms with Gasteiger partial charge in [0, 0.05) is 13.5 Å². The minimum absolute atomic E-state index is 0.104. The fourth-order valence-electron chi connectivity index (χ4n) is 2.71. The van der Waals surface area contributed by atoms with Gasteiger partial charge in [-0.25, -0.2) is 4.98 Å². The molecule has 3 aromatic rings. The van der Waals surface area contributed by atoms with E-state index < -0.39 is 0 Å². The molecule has 0 bridgehead atoms. The lowest BCUT2D eigenvalue weighted by Crippen LogP contribution is -2.33. The van der Waals surface area contributed by atoms with Crippen molar-refractivity contribution in [1.29, 1.82) is 0 Å². The molecule has 3 rings (SSSR count). The van der Waals surface area contributed by atoms with Gasteiger partial charge in [-0.15, -0.1) is 0 Å². The normalized spacial score (nSPS) is 10.9. The number of nitrogens with zero attached hydrogens (tertiary/aromatic N) is 2. The van der Waals surface area contributed by atoms with Gasteiger partial charge in [0.15, 0.2) is 5.13 Å². The van der Waals surface area contributed by atoms with Crippen LogP contribution in [0.1, 0.15) is 18.4 Å². The summed E-state index contributed by atoms with van der Waals surface area (Å²) >= 11 is 1.55. The van der Waals surface area contributed by atoms with E-state index in [-0.39, 0.29) is 5.91 Å². The van der Waals surface area contributed by atoms with Crippen LogP contribution >= 0.6 is 11.3 Å².